The summed E-state index contributed by atoms with van der Waals surface area (Å²) in [5, 5.41) is 0. The van der Waals surface area contributed by atoms with Gasteiger partial charge in [-0.15, -0.1) is 0 Å². The Morgan fingerprint density at radius 2 is 1.84 bits per heavy atom. The zero-order valence-corrected chi connectivity index (χ0v) is 15.7. The molecule has 2 aromatic rings. The van der Waals surface area contributed by atoms with Crippen LogP contribution in [0.15, 0.2) is 41.3 Å². The Morgan fingerprint density at radius 1 is 1.08 bits per heavy atom. The lowest BCUT2D eigenvalue weighted by Gasteiger charge is -2.13. The summed E-state index contributed by atoms with van der Waals surface area (Å²) in [6.45, 7) is 8.98. The molecule has 1 aliphatic rings. The smallest absolute Gasteiger partial charge is 0.295 e. The molecule has 0 N–H and O–H groups in total. The quantitative estimate of drug-likeness (QED) is 0.646. The van der Waals surface area contributed by atoms with Crippen LogP contribution in [0.2, 0.25) is 0 Å². The predicted molar refractivity (Wildman–Crippen MR) is 98.2 cm³/mol. The molecule has 0 aliphatic carbocycles. The van der Waals surface area contributed by atoms with Crippen molar-refractivity contribution in [2.75, 3.05) is 6.61 Å². The predicted octanol–water partition coefficient (Wildman–Crippen LogP) is 5.83. The van der Waals surface area contributed by atoms with E-state index < -0.39 is 11.4 Å². The highest BCUT2D eigenvalue weighted by Crippen LogP contribution is 2.46. The van der Waals surface area contributed by atoms with Crippen molar-refractivity contribution in [2.24, 2.45) is 5.92 Å². The van der Waals surface area contributed by atoms with Gasteiger partial charge in [0.05, 0.1) is 6.61 Å². The van der Waals surface area contributed by atoms with Crippen LogP contribution in [-0.4, -0.2) is 12.2 Å². The van der Waals surface area contributed by atoms with Crippen molar-refractivity contribution in [1.29, 1.82) is 0 Å². The second-order valence-electron chi connectivity index (χ2n) is 6.77. The van der Waals surface area contributed by atoms with Crippen LogP contribution in [0.5, 0.6) is 17.2 Å². The van der Waals surface area contributed by atoms with Crippen molar-refractivity contribution < 1.29 is 18.6 Å². The van der Waals surface area contributed by atoms with Gasteiger partial charge in [0.2, 0.25) is 5.75 Å². The van der Waals surface area contributed by atoms with E-state index in [2.05, 4.69) is 13.8 Å². The first kappa shape index (κ1) is 17.9. The maximum atomic E-state index is 14.1. The number of rotatable bonds is 6. The minimum atomic E-state index is -0.607. The summed E-state index contributed by atoms with van der Waals surface area (Å²) >= 11 is 1.39. The Hall–Kier alpha value is -1.88. The van der Waals surface area contributed by atoms with Crippen molar-refractivity contribution in [3.8, 4) is 17.2 Å². The Kier molecular flexibility index (Phi) is 5.42. The molecule has 25 heavy (non-hydrogen) atoms. The second-order valence-corrected chi connectivity index (χ2v) is 7.86. The van der Waals surface area contributed by atoms with Crippen LogP contribution in [0.1, 0.15) is 39.2 Å². The summed E-state index contributed by atoms with van der Waals surface area (Å²) in [6.07, 6.45) is 0. The number of benzene rings is 2. The van der Waals surface area contributed by atoms with Gasteiger partial charge in [0.15, 0.2) is 11.6 Å². The molecular formula is C20H23FO3S. The third-order valence-electron chi connectivity index (χ3n) is 3.77. The lowest BCUT2D eigenvalue weighted by molar-refractivity contribution is 0.132. The fraction of sp³-hybridized carbons (Fsp3) is 0.400. The summed E-state index contributed by atoms with van der Waals surface area (Å²) in [6, 6.07) is 11.0. The maximum Gasteiger partial charge on any atom is 0.295 e. The lowest BCUT2D eigenvalue weighted by Crippen LogP contribution is -2.13. The average molecular weight is 362 g/mol. The van der Waals surface area contributed by atoms with Crippen LogP contribution in [0, 0.1) is 11.7 Å². The minimum absolute atomic E-state index is 0.205. The molecule has 1 atom stereocenters. The number of hydrogen-bond donors (Lipinski definition) is 0. The molecule has 3 rings (SSSR count). The van der Waals surface area contributed by atoms with Gasteiger partial charge in [0.25, 0.3) is 5.62 Å². The van der Waals surface area contributed by atoms with Crippen LogP contribution in [0.25, 0.3) is 0 Å². The van der Waals surface area contributed by atoms with Gasteiger partial charge >= 0.3 is 0 Å². The van der Waals surface area contributed by atoms with Gasteiger partial charge < -0.3 is 14.2 Å². The van der Waals surface area contributed by atoms with Gasteiger partial charge in [-0.2, -0.15) is 0 Å². The van der Waals surface area contributed by atoms with Crippen LogP contribution < -0.4 is 14.2 Å². The fourth-order valence-corrected chi connectivity index (χ4v) is 3.37. The molecule has 2 aromatic carbocycles. The molecular weight excluding hydrogens is 339 g/mol. The molecule has 0 aromatic heterocycles. The van der Waals surface area contributed by atoms with Crippen molar-refractivity contribution >= 4 is 11.8 Å². The maximum absolute atomic E-state index is 14.1. The lowest BCUT2D eigenvalue weighted by atomic mass is 10.0. The molecule has 0 spiro atoms. The summed E-state index contributed by atoms with van der Waals surface area (Å²) in [7, 11) is 0. The van der Waals surface area contributed by atoms with Crippen LogP contribution in [0.3, 0.4) is 0 Å². The van der Waals surface area contributed by atoms with Crippen molar-refractivity contribution in [3.63, 3.8) is 0 Å². The van der Waals surface area contributed by atoms with Gasteiger partial charge in [0.1, 0.15) is 5.75 Å². The van der Waals surface area contributed by atoms with E-state index in [-0.39, 0.29) is 11.7 Å². The van der Waals surface area contributed by atoms with E-state index in [4.69, 9.17) is 14.2 Å². The van der Waals surface area contributed by atoms with Crippen molar-refractivity contribution in [3.05, 3.63) is 47.8 Å². The van der Waals surface area contributed by atoms with E-state index in [1.165, 1.54) is 17.8 Å². The van der Waals surface area contributed by atoms with E-state index in [9.17, 15) is 4.39 Å². The average Bonchev–Trinajstić information content (AvgIpc) is 2.97. The molecule has 0 bridgehead atoms. The highest BCUT2D eigenvalue weighted by molar-refractivity contribution is 7.99. The number of halogens is 1. The van der Waals surface area contributed by atoms with E-state index in [1.807, 2.05) is 38.1 Å². The topological polar surface area (TPSA) is 27.7 Å². The molecule has 1 unspecified atom stereocenters. The second kappa shape index (κ2) is 7.56. The molecule has 0 radical (unpaired) electrons. The SMILES string of the molecule is CC(C)COc1cccc(SC2Oc3c(F)ccc(C(C)C)c3O2)c1. The molecule has 1 aliphatic heterocycles. The Morgan fingerprint density at radius 3 is 2.56 bits per heavy atom. The van der Waals surface area contributed by atoms with Crippen LogP contribution in [-0.2, 0) is 0 Å². The normalized spacial score (nSPS) is 15.9. The molecule has 1 heterocycles. The number of ether oxygens (including phenoxy) is 3. The van der Waals surface area contributed by atoms with Gasteiger partial charge in [-0.3, -0.25) is 0 Å². The first-order valence-corrected chi connectivity index (χ1v) is 9.37. The third-order valence-corrected chi connectivity index (χ3v) is 4.68. The first-order chi connectivity index (χ1) is 11.9. The zero-order valence-electron chi connectivity index (χ0n) is 14.9. The van der Waals surface area contributed by atoms with E-state index in [0.717, 1.165) is 16.2 Å². The number of hydrogen-bond acceptors (Lipinski definition) is 4. The number of thioether (sulfide) groups is 1. The Balaban J connectivity index is 1.72. The molecule has 3 nitrogen and oxygen atoms in total. The van der Waals surface area contributed by atoms with Crippen LogP contribution >= 0.6 is 11.8 Å². The summed E-state index contributed by atoms with van der Waals surface area (Å²) < 4.78 is 31.4. The Labute approximate surface area is 152 Å². The van der Waals surface area contributed by atoms with Crippen molar-refractivity contribution in [1.82, 2.24) is 0 Å². The van der Waals surface area contributed by atoms with Crippen molar-refractivity contribution in [2.45, 2.75) is 44.1 Å². The molecule has 0 saturated carbocycles. The number of fused-ring (bicyclic) bond motifs is 1. The highest BCUT2D eigenvalue weighted by atomic mass is 32.2. The summed E-state index contributed by atoms with van der Waals surface area (Å²) in [4.78, 5) is 0.950. The molecule has 0 amide bonds. The largest absolute Gasteiger partial charge is 0.493 e. The zero-order chi connectivity index (χ0) is 18.0. The molecule has 5 heteroatoms. The van der Waals surface area contributed by atoms with Gasteiger partial charge in [0, 0.05) is 10.5 Å². The standard InChI is InChI=1S/C20H23FO3S/c1-12(2)11-22-14-6-5-7-15(10-14)25-20-23-18-16(13(3)4)8-9-17(21)19(18)24-20/h5-10,12-13,20H,11H2,1-4H3. The third kappa shape index (κ3) is 4.21. The van der Waals surface area contributed by atoms with Gasteiger partial charge in [-0.05, 0) is 47.9 Å². The Bertz CT molecular complexity index is 746. The minimum Gasteiger partial charge on any atom is -0.493 e. The molecule has 134 valence electrons. The van der Waals surface area contributed by atoms with E-state index >= 15 is 0 Å². The fourth-order valence-electron chi connectivity index (χ4n) is 2.52. The van der Waals surface area contributed by atoms with E-state index in [1.54, 1.807) is 6.07 Å². The van der Waals surface area contributed by atoms with Crippen LogP contribution in [0.4, 0.5) is 4.39 Å². The monoisotopic (exact) mass is 362 g/mol. The highest BCUT2D eigenvalue weighted by Gasteiger charge is 2.31. The molecule has 0 fully saturated rings. The van der Waals surface area contributed by atoms with Gasteiger partial charge in [-0.1, -0.05) is 39.8 Å². The summed E-state index contributed by atoms with van der Waals surface area (Å²) in [5.41, 5.74) is 0.346. The summed E-state index contributed by atoms with van der Waals surface area (Å²) in [5.74, 6) is 1.83. The molecule has 0 saturated heterocycles. The van der Waals surface area contributed by atoms with E-state index in [0.29, 0.717) is 18.3 Å². The van der Waals surface area contributed by atoms with Gasteiger partial charge in [-0.25, -0.2) is 4.39 Å². The first-order valence-electron chi connectivity index (χ1n) is 8.49.